The summed E-state index contributed by atoms with van der Waals surface area (Å²) in [6.45, 7) is -3.95. The number of hydrogen-bond acceptors (Lipinski definition) is 12. The van der Waals surface area contributed by atoms with Gasteiger partial charge in [0.15, 0.2) is 0 Å². The molecular formula is C22H20N2Na2O14S2. The molecule has 16 nitrogen and oxygen atoms in total. The van der Waals surface area contributed by atoms with Crippen molar-refractivity contribution in [3.63, 3.8) is 0 Å². The van der Waals surface area contributed by atoms with E-state index in [2.05, 4.69) is 0 Å². The second kappa shape index (κ2) is 16.4. The van der Waals surface area contributed by atoms with Gasteiger partial charge in [0.1, 0.15) is 22.9 Å². The van der Waals surface area contributed by atoms with Gasteiger partial charge in [0.05, 0.1) is 36.4 Å². The first-order chi connectivity index (χ1) is 18.4. The Bertz CT molecular complexity index is 1440. The Morgan fingerprint density at radius 2 is 0.952 bits per heavy atom. The van der Waals surface area contributed by atoms with E-state index in [4.69, 9.17) is 10.2 Å². The van der Waals surface area contributed by atoms with Crippen LogP contribution in [0.4, 0.5) is 11.4 Å². The molecule has 42 heavy (non-hydrogen) atoms. The molecule has 0 fully saturated rings. The molecule has 0 unspecified atom stereocenters. The van der Waals surface area contributed by atoms with Crippen molar-refractivity contribution in [3.8, 4) is 0 Å². The maximum Gasteiger partial charge on any atom is 1.00 e. The van der Waals surface area contributed by atoms with Crippen molar-refractivity contribution >= 4 is 67.6 Å². The zero-order valence-corrected chi connectivity index (χ0v) is 27.7. The minimum atomic E-state index is -5.03. The molecule has 20 heteroatoms. The van der Waals surface area contributed by atoms with Gasteiger partial charge in [0.25, 0.3) is 20.2 Å². The van der Waals surface area contributed by atoms with Crippen LogP contribution >= 0.6 is 0 Å². The monoisotopic (exact) mass is 646 g/mol. The zero-order chi connectivity index (χ0) is 30.4. The molecule has 2 aromatic rings. The standard InChI is InChI=1S/C22H22N2O14S2.2Na/c25-19(26)9-23(10-20(27)28)15-5-3-13(7-17(15)39(33,34)35)1-2-14-4-6-16(18(8-14)40(36,37)38)24(11-21(29)30)12-22(31)32;;/h1-8H,9-12H2,(H,25,26)(H,27,28)(H,29,30)(H,31,32)(H,33,34,35)(H,36,37,38);;/q;2*+1/p-2. The van der Waals surface area contributed by atoms with Crippen molar-refractivity contribution in [1.29, 1.82) is 0 Å². The van der Waals surface area contributed by atoms with Gasteiger partial charge in [-0.2, -0.15) is 16.8 Å². The van der Waals surface area contributed by atoms with Crippen LogP contribution in [-0.2, 0) is 39.4 Å². The van der Waals surface area contributed by atoms with Crippen molar-refractivity contribution in [1.82, 2.24) is 0 Å². The zero-order valence-electron chi connectivity index (χ0n) is 22.0. The summed E-state index contributed by atoms with van der Waals surface area (Å²) in [6.07, 6.45) is 2.41. The van der Waals surface area contributed by atoms with Gasteiger partial charge in [-0.15, -0.1) is 0 Å². The van der Waals surface area contributed by atoms with Crippen molar-refractivity contribution in [3.05, 3.63) is 47.5 Å². The molecule has 0 aliphatic rings. The molecule has 0 saturated heterocycles. The van der Waals surface area contributed by atoms with Crippen LogP contribution in [-0.4, -0.2) is 86.2 Å². The molecule has 0 radical (unpaired) electrons. The summed E-state index contributed by atoms with van der Waals surface area (Å²) in [4.78, 5) is 43.8. The molecule has 4 N–H and O–H groups in total. The molecule has 0 aromatic heterocycles. The quantitative estimate of drug-likeness (QED) is 0.0843. The van der Waals surface area contributed by atoms with Crippen LogP contribution in [0.5, 0.6) is 0 Å². The van der Waals surface area contributed by atoms with E-state index in [1.54, 1.807) is 0 Å². The molecule has 2 rings (SSSR count). The number of nitrogens with zero attached hydrogens (tertiary/aromatic N) is 2. The second-order valence-electron chi connectivity index (χ2n) is 7.98. The number of carbonyl (C=O) groups excluding carboxylic acids is 2. The normalized spacial score (nSPS) is 11.2. The first kappa shape index (κ1) is 39.5. The smallest absolute Gasteiger partial charge is 0.548 e. The van der Waals surface area contributed by atoms with Gasteiger partial charge in [-0.1, -0.05) is 24.3 Å². The van der Waals surface area contributed by atoms with Crippen molar-refractivity contribution < 1.29 is 125 Å². The number of rotatable bonds is 14. The minimum absolute atomic E-state index is 0. The molecule has 0 spiro atoms. The van der Waals surface area contributed by atoms with E-state index in [0.29, 0.717) is 9.80 Å². The van der Waals surface area contributed by atoms with Crippen LogP contribution in [0.25, 0.3) is 12.2 Å². The first-order valence-electron chi connectivity index (χ1n) is 10.6. The van der Waals surface area contributed by atoms with Crippen molar-refractivity contribution in [2.45, 2.75) is 9.79 Å². The minimum Gasteiger partial charge on any atom is -0.548 e. The number of benzene rings is 2. The molecule has 0 heterocycles. The number of carbonyl (C=O) groups is 4. The Balaban J connectivity index is 0.00000840. The summed E-state index contributed by atoms with van der Waals surface area (Å²) >= 11 is 0. The number of anilines is 2. The predicted octanol–water partition coefficient (Wildman–Crippen LogP) is -8.36. The molecule has 2 aromatic carbocycles. The van der Waals surface area contributed by atoms with Gasteiger partial charge in [0.2, 0.25) is 0 Å². The van der Waals surface area contributed by atoms with Gasteiger partial charge in [-0.05, 0) is 35.4 Å². The van der Waals surface area contributed by atoms with Crippen LogP contribution in [0.2, 0.25) is 0 Å². The Morgan fingerprint density at radius 1 is 0.643 bits per heavy atom. The van der Waals surface area contributed by atoms with Gasteiger partial charge < -0.3 is 39.8 Å². The van der Waals surface area contributed by atoms with Crippen LogP contribution in [0.3, 0.4) is 0 Å². The van der Waals surface area contributed by atoms with Crippen LogP contribution < -0.4 is 79.1 Å². The van der Waals surface area contributed by atoms with E-state index in [0.717, 1.165) is 24.3 Å². The fraction of sp³-hybridized carbons (Fsp3) is 0.182. The number of hydrogen-bond donors (Lipinski definition) is 4. The Morgan fingerprint density at radius 3 is 1.21 bits per heavy atom. The largest absolute Gasteiger partial charge is 1.00 e. The maximum absolute atomic E-state index is 12.0. The molecule has 0 atom stereocenters. The molecular weight excluding hydrogens is 626 g/mol. The predicted molar refractivity (Wildman–Crippen MR) is 131 cm³/mol. The summed E-state index contributed by atoms with van der Waals surface area (Å²) in [5.41, 5.74) is -0.838. The van der Waals surface area contributed by atoms with Crippen LogP contribution in [0.15, 0.2) is 46.2 Å². The average Bonchev–Trinajstić information content (AvgIpc) is 2.79. The Labute approximate surface area is 283 Å². The third kappa shape index (κ3) is 12.0. The van der Waals surface area contributed by atoms with E-state index in [9.17, 15) is 55.3 Å². The fourth-order valence-electron chi connectivity index (χ4n) is 3.49. The van der Waals surface area contributed by atoms with Crippen LogP contribution in [0.1, 0.15) is 11.1 Å². The summed E-state index contributed by atoms with van der Waals surface area (Å²) in [7, 11) is -10.0. The van der Waals surface area contributed by atoms with Gasteiger partial charge in [-0.3, -0.25) is 18.7 Å². The Hall–Kier alpha value is -2.52. The fourth-order valence-corrected chi connectivity index (χ4v) is 4.98. The van der Waals surface area contributed by atoms with Crippen molar-refractivity contribution in [2.75, 3.05) is 36.0 Å². The molecule has 0 aliphatic carbocycles. The second-order valence-corrected chi connectivity index (χ2v) is 10.8. The summed E-state index contributed by atoms with van der Waals surface area (Å²) < 4.78 is 67.2. The molecule has 0 saturated carbocycles. The summed E-state index contributed by atoms with van der Waals surface area (Å²) in [5.74, 6) is -6.48. The number of carboxylic acids is 4. The van der Waals surface area contributed by atoms with E-state index in [1.807, 2.05) is 0 Å². The third-order valence-electron chi connectivity index (χ3n) is 4.97. The van der Waals surface area contributed by atoms with E-state index >= 15 is 0 Å². The number of carboxylic acid groups (broad SMARTS) is 4. The maximum atomic E-state index is 12.0. The summed E-state index contributed by atoms with van der Waals surface area (Å²) in [5, 5.41) is 40.1. The van der Waals surface area contributed by atoms with Crippen LogP contribution in [0, 0.1) is 0 Å². The summed E-state index contributed by atoms with van der Waals surface area (Å²) in [6, 6.07) is 6.22. The topological polar surface area (TPSA) is 270 Å². The first-order valence-corrected chi connectivity index (χ1v) is 13.5. The van der Waals surface area contributed by atoms with Gasteiger partial charge in [-0.25, -0.2) is 0 Å². The van der Waals surface area contributed by atoms with Crippen molar-refractivity contribution in [2.24, 2.45) is 0 Å². The van der Waals surface area contributed by atoms with Gasteiger partial charge >= 0.3 is 71.1 Å². The Kier molecular flexibility index (Phi) is 15.4. The SMILES string of the molecule is O=C([O-])CN(CC(=O)[O-])c1ccc(C=Cc2ccc(N(CC(=O)O)CC(=O)O)c(S(=O)(=O)O)c2)cc1S(=O)(=O)O.[Na+].[Na+]. The molecule has 0 aliphatic heterocycles. The molecule has 216 valence electrons. The van der Waals surface area contributed by atoms with Gasteiger partial charge in [0, 0.05) is 0 Å². The van der Waals surface area contributed by atoms with E-state index in [1.165, 1.54) is 24.3 Å². The third-order valence-corrected chi connectivity index (χ3v) is 6.73. The average molecular weight is 647 g/mol. The number of aliphatic carboxylic acids is 4. The molecule has 0 amide bonds. The van der Waals surface area contributed by atoms with E-state index in [-0.39, 0.29) is 70.2 Å². The van der Waals surface area contributed by atoms with E-state index < -0.39 is 91.5 Å². The molecule has 0 bridgehead atoms.